The van der Waals surface area contributed by atoms with E-state index >= 15 is 0 Å². The maximum absolute atomic E-state index is 10.2. The number of aliphatic hydroxyl groups excluding tert-OH is 1. The Kier molecular flexibility index (Phi) is 5.43. The van der Waals surface area contributed by atoms with Crippen LogP contribution in [0.3, 0.4) is 0 Å². The summed E-state index contributed by atoms with van der Waals surface area (Å²) >= 11 is 12.0. The summed E-state index contributed by atoms with van der Waals surface area (Å²) in [5.74, 6) is 0. The largest absolute Gasteiger partial charge is 0.387 e. The van der Waals surface area contributed by atoms with Gasteiger partial charge in [0, 0.05) is 40.6 Å². The lowest BCUT2D eigenvalue weighted by atomic mass is 10.1. The number of benzene rings is 1. The van der Waals surface area contributed by atoms with E-state index in [9.17, 15) is 5.11 Å². The molecule has 0 aliphatic carbocycles. The van der Waals surface area contributed by atoms with E-state index in [2.05, 4.69) is 10.4 Å². The highest BCUT2D eigenvalue weighted by Crippen LogP contribution is 2.26. The summed E-state index contributed by atoms with van der Waals surface area (Å²) in [5, 5.41) is 18.6. The van der Waals surface area contributed by atoms with Crippen molar-refractivity contribution in [2.24, 2.45) is 0 Å². The Morgan fingerprint density at radius 1 is 1.40 bits per heavy atom. The van der Waals surface area contributed by atoms with Gasteiger partial charge in [0.2, 0.25) is 0 Å². The van der Waals surface area contributed by atoms with Crippen LogP contribution in [0, 0.1) is 0 Å². The van der Waals surface area contributed by atoms with Crippen molar-refractivity contribution in [2.75, 3.05) is 6.54 Å². The second-order valence-electron chi connectivity index (χ2n) is 4.72. The molecular weight excluding hydrogens is 297 g/mol. The van der Waals surface area contributed by atoms with Crippen molar-refractivity contribution in [3.63, 3.8) is 0 Å². The third kappa shape index (κ3) is 4.21. The van der Waals surface area contributed by atoms with E-state index in [1.54, 1.807) is 24.4 Å². The molecule has 20 heavy (non-hydrogen) atoms. The molecule has 0 bridgehead atoms. The molecule has 0 aliphatic heterocycles. The molecule has 4 nitrogen and oxygen atoms in total. The fourth-order valence-corrected chi connectivity index (χ4v) is 2.37. The molecule has 108 valence electrons. The molecule has 2 atom stereocenters. The standard InChI is InChI=1S/C14H17Cl2N3O/c1-10(9-19-6-2-5-18-19)17-8-14(20)12-7-11(15)3-4-13(12)16/h2-7,10,14,17,20H,8-9H2,1H3/t10-,14+/m0/s1. The molecule has 1 aromatic heterocycles. The van der Waals surface area contributed by atoms with E-state index in [4.69, 9.17) is 23.2 Å². The van der Waals surface area contributed by atoms with Crippen LogP contribution in [-0.2, 0) is 6.54 Å². The average molecular weight is 314 g/mol. The van der Waals surface area contributed by atoms with Crippen molar-refractivity contribution in [3.05, 3.63) is 52.3 Å². The molecule has 0 unspecified atom stereocenters. The zero-order valence-corrected chi connectivity index (χ0v) is 12.6. The number of aliphatic hydroxyl groups is 1. The monoisotopic (exact) mass is 313 g/mol. The molecule has 1 heterocycles. The van der Waals surface area contributed by atoms with Gasteiger partial charge in [0.05, 0.1) is 12.6 Å². The number of aromatic nitrogens is 2. The first-order valence-corrected chi connectivity index (χ1v) is 7.15. The fraction of sp³-hybridized carbons (Fsp3) is 0.357. The molecule has 2 aromatic rings. The number of hydrogen-bond acceptors (Lipinski definition) is 3. The van der Waals surface area contributed by atoms with Crippen molar-refractivity contribution >= 4 is 23.2 Å². The van der Waals surface area contributed by atoms with Gasteiger partial charge in [-0.05, 0) is 31.2 Å². The topological polar surface area (TPSA) is 50.1 Å². The van der Waals surface area contributed by atoms with Crippen LogP contribution in [0.15, 0.2) is 36.7 Å². The maximum Gasteiger partial charge on any atom is 0.0929 e. The Labute approximate surface area is 128 Å². The average Bonchev–Trinajstić information content (AvgIpc) is 2.91. The Balaban J connectivity index is 1.88. The van der Waals surface area contributed by atoms with Crippen LogP contribution in [0.5, 0.6) is 0 Å². The van der Waals surface area contributed by atoms with Gasteiger partial charge in [-0.2, -0.15) is 5.10 Å². The third-order valence-corrected chi connectivity index (χ3v) is 3.58. The van der Waals surface area contributed by atoms with Crippen LogP contribution in [0.2, 0.25) is 10.0 Å². The van der Waals surface area contributed by atoms with Crippen molar-refractivity contribution in [3.8, 4) is 0 Å². The van der Waals surface area contributed by atoms with Crippen molar-refractivity contribution < 1.29 is 5.11 Å². The number of hydrogen-bond donors (Lipinski definition) is 2. The third-order valence-electron chi connectivity index (χ3n) is 3.00. The molecule has 1 aromatic carbocycles. The van der Waals surface area contributed by atoms with Crippen LogP contribution >= 0.6 is 23.2 Å². The van der Waals surface area contributed by atoms with Gasteiger partial charge in [-0.25, -0.2) is 0 Å². The second kappa shape index (κ2) is 7.09. The Bertz CT molecular complexity index is 545. The molecule has 2 N–H and O–H groups in total. The van der Waals surface area contributed by atoms with Gasteiger partial charge in [-0.3, -0.25) is 4.68 Å². The summed E-state index contributed by atoms with van der Waals surface area (Å²) in [4.78, 5) is 0. The summed E-state index contributed by atoms with van der Waals surface area (Å²) in [5.41, 5.74) is 0.637. The highest BCUT2D eigenvalue weighted by Gasteiger charge is 2.13. The first kappa shape index (κ1) is 15.3. The molecular formula is C14H17Cl2N3O. The second-order valence-corrected chi connectivity index (χ2v) is 5.56. The van der Waals surface area contributed by atoms with E-state index in [1.165, 1.54) is 0 Å². The van der Waals surface area contributed by atoms with Gasteiger partial charge in [0.25, 0.3) is 0 Å². The van der Waals surface area contributed by atoms with Crippen molar-refractivity contribution in [1.29, 1.82) is 0 Å². The van der Waals surface area contributed by atoms with Crippen molar-refractivity contribution in [1.82, 2.24) is 15.1 Å². The highest BCUT2D eigenvalue weighted by molar-refractivity contribution is 6.33. The van der Waals surface area contributed by atoms with Crippen LogP contribution < -0.4 is 5.32 Å². The minimum atomic E-state index is -0.693. The molecule has 0 saturated heterocycles. The molecule has 0 saturated carbocycles. The molecule has 0 amide bonds. The summed E-state index contributed by atoms with van der Waals surface area (Å²) in [6.45, 7) is 3.18. The lowest BCUT2D eigenvalue weighted by Crippen LogP contribution is -2.34. The normalized spacial score (nSPS) is 14.2. The van der Waals surface area contributed by atoms with Crippen LogP contribution in [0.25, 0.3) is 0 Å². The predicted octanol–water partition coefficient (Wildman–Crippen LogP) is 2.90. The first-order chi connectivity index (χ1) is 9.56. The molecule has 6 heteroatoms. The zero-order chi connectivity index (χ0) is 14.5. The minimum Gasteiger partial charge on any atom is -0.387 e. The minimum absolute atomic E-state index is 0.183. The van der Waals surface area contributed by atoms with E-state index in [1.807, 2.05) is 23.9 Å². The van der Waals surface area contributed by atoms with Gasteiger partial charge in [0.1, 0.15) is 0 Å². The molecule has 0 fully saturated rings. The van der Waals surface area contributed by atoms with Gasteiger partial charge in [-0.1, -0.05) is 23.2 Å². The Hall–Kier alpha value is -1.07. The molecule has 0 radical (unpaired) electrons. The molecule has 0 spiro atoms. The maximum atomic E-state index is 10.2. The molecule has 2 rings (SSSR count). The van der Waals surface area contributed by atoms with Crippen LogP contribution in [0.4, 0.5) is 0 Å². The summed E-state index contributed by atoms with van der Waals surface area (Å²) in [6.07, 6.45) is 2.96. The Morgan fingerprint density at radius 3 is 2.90 bits per heavy atom. The van der Waals surface area contributed by atoms with Gasteiger partial charge >= 0.3 is 0 Å². The van der Waals surface area contributed by atoms with Gasteiger partial charge in [0.15, 0.2) is 0 Å². The number of nitrogens with zero attached hydrogens (tertiary/aromatic N) is 2. The number of nitrogens with one attached hydrogen (secondary N) is 1. The van der Waals surface area contributed by atoms with Crippen molar-refractivity contribution in [2.45, 2.75) is 25.6 Å². The van der Waals surface area contributed by atoms with Gasteiger partial charge < -0.3 is 10.4 Å². The SMILES string of the molecule is C[C@@H](Cn1cccn1)NC[C@@H](O)c1cc(Cl)ccc1Cl. The predicted molar refractivity (Wildman–Crippen MR) is 81.1 cm³/mol. The summed E-state index contributed by atoms with van der Waals surface area (Å²) in [6, 6.07) is 7.15. The smallest absolute Gasteiger partial charge is 0.0929 e. The fourth-order valence-electron chi connectivity index (χ4n) is 1.95. The number of halogens is 2. The van der Waals surface area contributed by atoms with Gasteiger partial charge in [-0.15, -0.1) is 0 Å². The lowest BCUT2D eigenvalue weighted by molar-refractivity contribution is 0.169. The summed E-state index contributed by atoms with van der Waals surface area (Å²) < 4.78 is 1.84. The van der Waals surface area contributed by atoms with Crippen LogP contribution in [-0.4, -0.2) is 27.5 Å². The van der Waals surface area contributed by atoms with Crippen LogP contribution in [0.1, 0.15) is 18.6 Å². The highest BCUT2D eigenvalue weighted by atomic mass is 35.5. The Morgan fingerprint density at radius 2 is 2.20 bits per heavy atom. The molecule has 0 aliphatic rings. The zero-order valence-electron chi connectivity index (χ0n) is 11.1. The van der Waals surface area contributed by atoms with E-state index in [0.29, 0.717) is 22.2 Å². The quantitative estimate of drug-likeness (QED) is 0.862. The van der Waals surface area contributed by atoms with E-state index in [0.717, 1.165) is 6.54 Å². The van der Waals surface area contributed by atoms with E-state index in [-0.39, 0.29) is 6.04 Å². The van der Waals surface area contributed by atoms with E-state index < -0.39 is 6.10 Å². The number of rotatable bonds is 6. The lowest BCUT2D eigenvalue weighted by Gasteiger charge is -2.18. The first-order valence-electron chi connectivity index (χ1n) is 6.40. The summed E-state index contributed by atoms with van der Waals surface area (Å²) in [7, 11) is 0.